The minimum Gasteiger partial charge on any atom is -0.480 e. The second kappa shape index (κ2) is 3.39. The first-order valence-electron chi connectivity index (χ1n) is 5.84. The van der Waals surface area contributed by atoms with Crippen molar-refractivity contribution in [1.82, 2.24) is 4.90 Å². The molecule has 16 heavy (non-hydrogen) atoms. The third-order valence-corrected chi connectivity index (χ3v) is 5.88. The van der Waals surface area contributed by atoms with Crippen LogP contribution in [0.5, 0.6) is 0 Å². The molecule has 5 heteroatoms. The van der Waals surface area contributed by atoms with Crippen LogP contribution in [0.2, 0.25) is 0 Å². The van der Waals surface area contributed by atoms with Gasteiger partial charge in [0.25, 0.3) is 0 Å². The summed E-state index contributed by atoms with van der Waals surface area (Å²) in [5, 5.41) is 9.16. The fourth-order valence-corrected chi connectivity index (χ4v) is 5.31. The lowest BCUT2D eigenvalue weighted by atomic mass is 9.84. The molecule has 4 nitrogen and oxygen atoms in total. The zero-order valence-corrected chi connectivity index (χ0v) is 9.83. The third kappa shape index (κ3) is 1.18. The van der Waals surface area contributed by atoms with Gasteiger partial charge in [-0.15, -0.1) is 11.8 Å². The monoisotopic (exact) mass is 241 g/mol. The molecular formula is C11H15NO3S. The van der Waals surface area contributed by atoms with E-state index in [2.05, 4.69) is 0 Å². The fourth-order valence-electron chi connectivity index (χ4n) is 3.47. The molecule has 3 rings (SSSR count). The van der Waals surface area contributed by atoms with Crippen LogP contribution in [0.15, 0.2) is 0 Å². The number of carboxylic acids is 1. The van der Waals surface area contributed by atoms with Gasteiger partial charge in [0, 0.05) is 18.1 Å². The van der Waals surface area contributed by atoms with Crippen molar-refractivity contribution < 1.29 is 14.7 Å². The van der Waals surface area contributed by atoms with Crippen molar-refractivity contribution in [1.29, 1.82) is 0 Å². The van der Waals surface area contributed by atoms with Crippen LogP contribution in [-0.4, -0.2) is 38.5 Å². The Kier molecular flexibility index (Phi) is 2.21. The highest BCUT2D eigenvalue weighted by Gasteiger charge is 2.61. The van der Waals surface area contributed by atoms with E-state index in [0.29, 0.717) is 18.1 Å². The van der Waals surface area contributed by atoms with Gasteiger partial charge in [-0.05, 0) is 12.8 Å². The Morgan fingerprint density at radius 3 is 3.06 bits per heavy atom. The number of carbonyl (C=O) groups is 2. The van der Waals surface area contributed by atoms with Crippen LogP contribution < -0.4 is 0 Å². The number of hydrogen-bond donors (Lipinski definition) is 1. The first kappa shape index (κ1) is 10.4. The normalized spacial score (nSPS) is 42.0. The lowest BCUT2D eigenvalue weighted by molar-refractivity contribution is -0.148. The summed E-state index contributed by atoms with van der Waals surface area (Å²) in [7, 11) is 0. The highest BCUT2D eigenvalue weighted by molar-refractivity contribution is 8.01. The molecule has 2 aliphatic heterocycles. The molecule has 1 aliphatic carbocycles. The molecular weight excluding hydrogens is 226 g/mol. The molecule has 2 heterocycles. The maximum atomic E-state index is 12.0. The molecule has 1 amide bonds. The zero-order chi connectivity index (χ0) is 11.3. The highest BCUT2D eigenvalue weighted by atomic mass is 32.2. The van der Waals surface area contributed by atoms with Crippen molar-refractivity contribution in [2.45, 2.75) is 43.0 Å². The van der Waals surface area contributed by atoms with Gasteiger partial charge in [-0.3, -0.25) is 4.79 Å². The summed E-state index contributed by atoms with van der Waals surface area (Å²) in [5.74, 6) is 0.175. The van der Waals surface area contributed by atoms with Gasteiger partial charge in [0.2, 0.25) is 5.91 Å². The molecule has 1 spiro atoms. The van der Waals surface area contributed by atoms with Crippen molar-refractivity contribution in [2.24, 2.45) is 5.92 Å². The third-order valence-electron chi connectivity index (χ3n) is 4.16. The SMILES string of the molecule is O=C(O)C1CSC23CCCCC2CC(=O)N13. The predicted molar refractivity (Wildman–Crippen MR) is 60.0 cm³/mol. The van der Waals surface area contributed by atoms with Crippen molar-refractivity contribution in [3.63, 3.8) is 0 Å². The smallest absolute Gasteiger partial charge is 0.327 e. The molecule has 3 unspecified atom stereocenters. The predicted octanol–water partition coefficient (Wildman–Crippen LogP) is 1.31. The van der Waals surface area contributed by atoms with Crippen LogP contribution in [0, 0.1) is 5.92 Å². The highest BCUT2D eigenvalue weighted by Crippen LogP contribution is 2.57. The van der Waals surface area contributed by atoms with E-state index in [1.165, 1.54) is 6.42 Å². The van der Waals surface area contributed by atoms with E-state index in [0.717, 1.165) is 19.3 Å². The number of hydrogen-bond acceptors (Lipinski definition) is 3. The van der Waals surface area contributed by atoms with Crippen LogP contribution in [0.25, 0.3) is 0 Å². The minimum absolute atomic E-state index is 0.0595. The van der Waals surface area contributed by atoms with Gasteiger partial charge in [0.1, 0.15) is 6.04 Å². The number of aliphatic carboxylic acids is 1. The van der Waals surface area contributed by atoms with Crippen LogP contribution >= 0.6 is 11.8 Å². The number of thioether (sulfide) groups is 1. The van der Waals surface area contributed by atoms with E-state index in [1.807, 2.05) is 0 Å². The summed E-state index contributed by atoms with van der Waals surface area (Å²) >= 11 is 1.71. The molecule has 0 bridgehead atoms. The van der Waals surface area contributed by atoms with Crippen LogP contribution in [0.1, 0.15) is 32.1 Å². The number of carbonyl (C=O) groups excluding carboxylic acids is 1. The topological polar surface area (TPSA) is 57.6 Å². The van der Waals surface area contributed by atoms with Crippen LogP contribution in [0.3, 0.4) is 0 Å². The van der Waals surface area contributed by atoms with Gasteiger partial charge in [0.05, 0.1) is 4.87 Å². The van der Waals surface area contributed by atoms with Gasteiger partial charge in [-0.2, -0.15) is 0 Å². The van der Waals surface area contributed by atoms with Crippen molar-refractivity contribution in [3.8, 4) is 0 Å². The average Bonchev–Trinajstić information content (AvgIpc) is 2.73. The van der Waals surface area contributed by atoms with Crippen LogP contribution in [0.4, 0.5) is 0 Å². The van der Waals surface area contributed by atoms with Gasteiger partial charge < -0.3 is 10.0 Å². The van der Waals surface area contributed by atoms with Gasteiger partial charge in [0.15, 0.2) is 0 Å². The molecule has 3 atom stereocenters. The van der Waals surface area contributed by atoms with Gasteiger partial charge in [-0.1, -0.05) is 12.8 Å². The van der Waals surface area contributed by atoms with E-state index in [9.17, 15) is 9.59 Å². The molecule has 0 aromatic heterocycles. The van der Waals surface area contributed by atoms with Gasteiger partial charge in [-0.25, -0.2) is 4.79 Å². The number of rotatable bonds is 1. The number of amides is 1. The number of nitrogens with zero attached hydrogens (tertiary/aromatic N) is 1. The summed E-state index contributed by atoms with van der Waals surface area (Å²) in [4.78, 5) is 24.7. The molecule has 88 valence electrons. The van der Waals surface area contributed by atoms with Crippen LogP contribution in [-0.2, 0) is 9.59 Å². The standard InChI is InChI=1S/C11H15NO3S/c13-9-5-7-3-1-2-4-11(7)12(9)8(6-16-11)10(14)15/h7-8H,1-6H2,(H,14,15). The summed E-state index contributed by atoms with van der Waals surface area (Å²) in [6, 6.07) is -0.583. The van der Waals surface area contributed by atoms with E-state index < -0.39 is 12.0 Å². The second-order valence-electron chi connectivity index (χ2n) is 4.92. The van der Waals surface area contributed by atoms with E-state index in [1.54, 1.807) is 16.7 Å². The fraction of sp³-hybridized carbons (Fsp3) is 0.818. The maximum absolute atomic E-state index is 12.0. The van der Waals surface area contributed by atoms with Crippen molar-refractivity contribution in [2.75, 3.05) is 5.75 Å². The van der Waals surface area contributed by atoms with Gasteiger partial charge >= 0.3 is 5.97 Å². The minimum atomic E-state index is -0.844. The maximum Gasteiger partial charge on any atom is 0.327 e. The first-order chi connectivity index (χ1) is 7.65. The van der Waals surface area contributed by atoms with Crippen molar-refractivity contribution in [3.05, 3.63) is 0 Å². The molecule has 2 saturated heterocycles. The molecule has 0 aromatic carbocycles. The Morgan fingerprint density at radius 1 is 1.50 bits per heavy atom. The molecule has 1 saturated carbocycles. The zero-order valence-electron chi connectivity index (χ0n) is 9.02. The Morgan fingerprint density at radius 2 is 2.31 bits per heavy atom. The largest absolute Gasteiger partial charge is 0.480 e. The summed E-state index contributed by atoms with van der Waals surface area (Å²) < 4.78 is 0. The lowest BCUT2D eigenvalue weighted by Gasteiger charge is -2.40. The molecule has 3 aliphatic rings. The Balaban J connectivity index is 1.98. The average molecular weight is 241 g/mol. The Hall–Kier alpha value is -0.710. The molecule has 3 fully saturated rings. The van der Waals surface area contributed by atoms with E-state index in [-0.39, 0.29) is 10.8 Å². The first-order valence-corrected chi connectivity index (χ1v) is 6.82. The Bertz CT molecular complexity index is 359. The van der Waals surface area contributed by atoms with E-state index in [4.69, 9.17) is 5.11 Å². The van der Waals surface area contributed by atoms with E-state index >= 15 is 0 Å². The number of carboxylic acid groups (broad SMARTS) is 1. The summed E-state index contributed by atoms with van der Waals surface area (Å²) in [5.41, 5.74) is 0. The molecule has 0 aromatic rings. The quantitative estimate of drug-likeness (QED) is 0.752. The summed E-state index contributed by atoms with van der Waals surface area (Å²) in [6.07, 6.45) is 4.95. The second-order valence-corrected chi connectivity index (χ2v) is 6.25. The Labute approximate surface area is 98.4 Å². The lowest BCUT2D eigenvalue weighted by Crippen LogP contribution is -2.50. The van der Waals surface area contributed by atoms with Crippen molar-refractivity contribution >= 4 is 23.6 Å². The molecule has 0 radical (unpaired) electrons. The summed E-state index contributed by atoms with van der Waals surface area (Å²) in [6.45, 7) is 0. The molecule has 1 N–H and O–H groups in total.